The fourth-order valence-corrected chi connectivity index (χ4v) is 1.91. The van der Waals surface area contributed by atoms with Gasteiger partial charge < -0.3 is 4.98 Å². The second kappa shape index (κ2) is 4.37. The van der Waals surface area contributed by atoms with Crippen molar-refractivity contribution in [2.75, 3.05) is 0 Å². The molecule has 1 aliphatic heterocycles. The summed E-state index contributed by atoms with van der Waals surface area (Å²) in [6.07, 6.45) is 8.03. The Morgan fingerprint density at radius 3 is 2.71 bits per heavy atom. The highest BCUT2D eigenvalue weighted by Gasteiger charge is 2.06. The molecule has 3 nitrogen and oxygen atoms in total. The molecule has 17 heavy (non-hydrogen) atoms. The first-order valence-corrected chi connectivity index (χ1v) is 5.77. The van der Waals surface area contributed by atoms with Gasteiger partial charge in [0.1, 0.15) is 0 Å². The van der Waals surface area contributed by atoms with Crippen molar-refractivity contribution in [2.45, 2.75) is 12.8 Å². The van der Waals surface area contributed by atoms with Gasteiger partial charge in [-0.05, 0) is 37.1 Å². The normalized spacial score (nSPS) is 14.7. The van der Waals surface area contributed by atoms with Crippen LogP contribution in [0.25, 0.3) is 17.1 Å². The van der Waals surface area contributed by atoms with Crippen LogP contribution in [-0.4, -0.2) is 16.2 Å². The quantitative estimate of drug-likeness (QED) is 0.834. The fourth-order valence-electron chi connectivity index (χ4n) is 1.91. The number of pyridine rings is 1. The summed E-state index contributed by atoms with van der Waals surface area (Å²) < 4.78 is 0. The van der Waals surface area contributed by atoms with Crippen LogP contribution in [0.4, 0.5) is 0 Å². The number of aromatic amines is 1. The molecule has 84 valence electrons. The molecule has 2 aromatic heterocycles. The lowest BCUT2D eigenvalue weighted by molar-refractivity contribution is 1.09. The highest BCUT2D eigenvalue weighted by atomic mass is 14.8. The Balaban J connectivity index is 1.93. The maximum absolute atomic E-state index is 4.39. The molecule has 0 bridgehead atoms. The van der Waals surface area contributed by atoms with Gasteiger partial charge in [-0.15, -0.1) is 0 Å². The number of aliphatic imine (C=N–C) groups is 1. The number of rotatable bonds is 2. The second-order valence-corrected chi connectivity index (χ2v) is 3.98. The van der Waals surface area contributed by atoms with E-state index in [-0.39, 0.29) is 0 Å². The van der Waals surface area contributed by atoms with E-state index in [1.54, 1.807) is 6.20 Å². The first-order chi connectivity index (χ1) is 8.43. The molecule has 3 heteroatoms. The Hall–Kier alpha value is -2.16. The molecule has 0 saturated carbocycles. The van der Waals surface area contributed by atoms with Crippen molar-refractivity contribution >= 4 is 11.9 Å². The second-order valence-electron chi connectivity index (χ2n) is 3.98. The third-order valence-electron chi connectivity index (χ3n) is 2.77. The van der Waals surface area contributed by atoms with Gasteiger partial charge in [0, 0.05) is 12.4 Å². The fraction of sp³-hybridized carbons (Fsp3) is 0.143. The van der Waals surface area contributed by atoms with Crippen LogP contribution in [0.5, 0.6) is 0 Å². The van der Waals surface area contributed by atoms with E-state index in [0.29, 0.717) is 0 Å². The minimum absolute atomic E-state index is 0.958. The highest BCUT2D eigenvalue weighted by Crippen LogP contribution is 2.22. The molecule has 2 aromatic rings. The Labute approximate surface area is 99.9 Å². The van der Waals surface area contributed by atoms with E-state index < -0.39 is 0 Å². The average Bonchev–Trinajstić information content (AvgIpc) is 2.90. The minimum atomic E-state index is 0.958. The van der Waals surface area contributed by atoms with Crippen molar-refractivity contribution in [3.8, 4) is 11.4 Å². The van der Waals surface area contributed by atoms with Crippen molar-refractivity contribution in [1.29, 1.82) is 0 Å². The molecule has 3 heterocycles. The third kappa shape index (κ3) is 2.04. The zero-order valence-corrected chi connectivity index (χ0v) is 9.43. The van der Waals surface area contributed by atoms with Gasteiger partial charge in [0.2, 0.25) is 0 Å². The van der Waals surface area contributed by atoms with Crippen molar-refractivity contribution in [2.24, 2.45) is 4.99 Å². The Bertz CT molecular complexity index is 564. The van der Waals surface area contributed by atoms with Gasteiger partial charge >= 0.3 is 0 Å². The van der Waals surface area contributed by atoms with Crippen LogP contribution in [0.1, 0.15) is 18.5 Å². The van der Waals surface area contributed by atoms with Crippen LogP contribution in [0.15, 0.2) is 47.6 Å². The van der Waals surface area contributed by atoms with Crippen LogP contribution in [0.3, 0.4) is 0 Å². The van der Waals surface area contributed by atoms with Crippen molar-refractivity contribution in [1.82, 2.24) is 9.97 Å². The summed E-state index contributed by atoms with van der Waals surface area (Å²) in [6.45, 7) is 0. The molecular weight excluding hydrogens is 210 g/mol. The molecular formula is C14H13N3. The van der Waals surface area contributed by atoms with Gasteiger partial charge in [-0.1, -0.05) is 12.1 Å². The molecule has 1 N–H and O–H groups in total. The molecule has 0 spiro atoms. The molecule has 0 aromatic carbocycles. The van der Waals surface area contributed by atoms with Crippen molar-refractivity contribution in [3.63, 3.8) is 0 Å². The molecule has 0 aliphatic carbocycles. The van der Waals surface area contributed by atoms with Crippen LogP contribution < -0.4 is 0 Å². The first kappa shape index (κ1) is 10.0. The van der Waals surface area contributed by atoms with Crippen LogP contribution in [0, 0.1) is 0 Å². The number of hydrogen-bond acceptors (Lipinski definition) is 2. The molecule has 0 atom stereocenters. The highest BCUT2D eigenvalue weighted by molar-refractivity contribution is 5.76. The predicted octanol–water partition coefficient (Wildman–Crippen LogP) is 3.28. The summed E-state index contributed by atoms with van der Waals surface area (Å²) in [5, 5.41) is 0. The summed E-state index contributed by atoms with van der Waals surface area (Å²) >= 11 is 0. The van der Waals surface area contributed by atoms with E-state index in [2.05, 4.69) is 27.1 Å². The van der Waals surface area contributed by atoms with Gasteiger partial charge in [0.15, 0.2) is 0 Å². The van der Waals surface area contributed by atoms with Crippen LogP contribution >= 0.6 is 0 Å². The zero-order chi connectivity index (χ0) is 11.5. The molecule has 0 amide bonds. The standard InChI is InChI=1S/C14H13N3/c1-3-9-15-11(5-1)13-7-8-14(17-13)12-6-2-4-10-16-12/h1,3,5-10,17H,2,4H2. The molecule has 3 rings (SSSR count). The predicted molar refractivity (Wildman–Crippen MR) is 69.7 cm³/mol. The summed E-state index contributed by atoms with van der Waals surface area (Å²) in [7, 11) is 0. The van der Waals surface area contributed by atoms with E-state index in [9.17, 15) is 0 Å². The monoisotopic (exact) mass is 223 g/mol. The Morgan fingerprint density at radius 2 is 1.94 bits per heavy atom. The third-order valence-corrected chi connectivity index (χ3v) is 2.77. The maximum Gasteiger partial charge on any atom is 0.0864 e. The number of H-pyrrole nitrogens is 1. The average molecular weight is 223 g/mol. The minimum Gasteiger partial charge on any atom is -0.352 e. The van der Waals surface area contributed by atoms with Crippen molar-refractivity contribution < 1.29 is 0 Å². The first-order valence-electron chi connectivity index (χ1n) is 5.77. The Morgan fingerprint density at radius 1 is 1.00 bits per heavy atom. The van der Waals surface area contributed by atoms with Crippen LogP contribution in [0.2, 0.25) is 0 Å². The maximum atomic E-state index is 4.39. The summed E-state index contributed by atoms with van der Waals surface area (Å²) in [5.74, 6) is 0. The number of allylic oxidation sites excluding steroid dienone is 1. The largest absolute Gasteiger partial charge is 0.352 e. The Kier molecular flexibility index (Phi) is 2.58. The number of aromatic nitrogens is 2. The van der Waals surface area contributed by atoms with E-state index in [1.807, 2.05) is 30.5 Å². The number of nitrogens with one attached hydrogen (secondary N) is 1. The number of nitrogens with zero attached hydrogens (tertiary/aromatic N) is 2. The molecule has 1 aliphatic rings. The van der Waals surface area contributed by atoms with Gasteiger partial charge in [0.05, 0.1) is 22.8 Å². The molecule has 0 saturated heterocycles. The SMILES string of the molecule is C1=NC(c2ccc(-c3ccccn3)[nH]2)=CCC1. The topological polar surface area (TPSA) is 41.0 Å². The molecule has 0 radical (unpaired) electrons. The van der Waals surface area contributed by atoms with Crippen LogP contribution in [-0.2, 0) is 0 Å². The smallest absolute Gasteiger partial charge is 0.0864 e. The van der Waals surface area contributed by atoms with Gasteiger partial charge in [-0.2, -0.15) is 0 Å². The molecule has 0 fully saturated rings. The van der Waals surface area contributed by atoms with E-state index in [4.69, 9.17) is 0 Å². The zero-order valence-electron chi connectivity index (χ0n) is 9.43. The lowest BCUT2D eigenvalue weighted by Gasteiger charge is -2.03. The molecule has 0 unspecified atom stereocenters. The van der Waals surface area contributed by atoms with Crippen molar-refractivity contribution in [3.05, 3.63) is 48.3 Å². The van der Waals surface area contributed by atoms with Gasteiger partial charge in [-0.3, -0.25) is 9.98 Å². The lowest BCUT2D eigenvalue weighted by atomic mass is 10.2. The summed E-state index contributed by atoms with van der Waals surface area (Å²) in [6, 6.07) is 10.00. The summed E-state index contributed by atoms with van der Waals surface area (Å²) in [5.41, 5.74) is 4.07. The summed E-state index contributed by atoms with van der Waals surface area (Å²) in [4.78, 5) is 12.1. The van der Waals surface area contributed by atoms with E-state index in [0.717, 1.165) is 35.6 Å². The lowest BCUT2D eigenvalue weighted by Crippen LogP contribution is -1.89. The van der Waals surface area contributed by atoms with E-state index in [1.165, 1.54) is 0 Å². The van der Waals surface area contributed by atoms with Gasteiger partial charge in [0.25, 0.3) is 0 Å². The number of hydrogen-bond donors (Lipinski definition) is 1. The van der Waals surface area contributed by atoms with Gasteiger partial charge in [-0.25, -0.2) is 0 Å². The van der Waals surface area contributed by atoms with E-state index >= 15 is 0 Å².